The Balaban J connectivity index is 1.35. The Morgan fingerprint density at radius 2 is 1.86 bits per heavy atom. The summed E-state index contributed by atoms with van der Waals surface area (Å²) in [6.07, 6.45) is 8.38. The Morgan fingerprint density at radius 1 is 1.11 bits per heavy atom. The number of aromatic nitrogens is 1. The topological polar surface area (TPSA) is 54.0 Å². The summed E-state index contributed by atoms with van der Waals surface area (Å²) in [6, 6.07) is 10.7. The molecule has 0 atom stereocenters. The summed E-state index contributed by atoms with van der Waals surface area (Å²) < 4.78 is 12.9. The van der Waals surface area contributed by atoms with Crippen molar-refractivity contribution >= 4 is 5.91 Å². The van der Waals surface area contributed by atoms with Crippen molar-refractivity contribution < 1.29 is 9.18 Å². The number of pyridine rings is 1. The van der Waals surface area contributed by atoms with Gasteiger partial charge in [-0.2, -0.15) is 0 Å². The first-order chi connectivity index (χ1) is 13.6. The van der Waals surface area contributed by atoms with E-state index in [-0.39, 0.29) is 17.3 Å². The van der Waals surface area contributed by atoms with Crippen molar-refractivity contribution in [2.45, 2.75) is 50.1 Å². The molecule has 0 unspecified atom stereocenters. The molecule has 0 radical (unpaired) electrons. The Bertz CT molecular complexity index is 886. The molecule has 1 aromatic carbocycles. The van der Waals surface area contributed by atoms with E-state index >= 15 is 0 Å². The van der Waals surface area contributed by atoms with Crippen LogP contribution in [0.5, 0.6) is 0 Å². The summed E-state index contributed by atoms with van der Waals surface area (Å²) in [7, 11) is 0. The van der Waals surface area contributed by atoms with E-state index in [9.17, 15) is 9.18 Å². The lowest BCUT2D eigenvalue weighted by Crippen LogP contribution is -2.52. The average Bonchev–Trinajstić information content (AvgIpc) is 3.41. The van der Waals surface area contributed by atoms with Crippen molar-refractivity contribution in [3.05, 3.63) is 65.2 Å². The van der Waals surface area contributed by atoms with Gasteiger partial charge in [0.2, 0.25) is 0 Å². The zero-order valence-corrected chi connectivity index (χ0v) is 15.8. The molecule has 144 valence electrons. The van der Waals surface area contributed by atoms with Gasteiger partial charge in [-0.15, -0.1) is 0 Å². The summed E-state index contributed by atoms with van der Waals surface area (Å²) in [6.45, 7) is 0.681. The number of hydrogen-bond donors (Lipinski definition) is 2. The Labute approximate surface area is 165 Å². The van der Waals surface area contributed by atoms with Crippen LogP contribution in [0, 0.1) is 17.7 Å². The summed E-state index contributed by atoms with van der Waals surface area (Å²) >= 11 is 0. The fraction of sp³-hybridized carbons (Fsp3) is 0.391. The molecule has 0 saturated heterocycles. The Kier molecular flexibility index (Phi) is 5.40. The van der Waals surface area contributed by atoms with Gasteiger partial charge in [-0.25, -0.2) is 9.37 Å². The van der Waals surface area contributed by atoms with Crippen molar-refractivity contribution in [1.29, 1.82) is 0 Å². The average molecular weight is 377 g/mol. The van der Waals surface area contributed by atoms with Crippen LogP contribution in [0.1, 0.15) is 60.1 Å². The van der Waals surface area contributed by atoms with Gasteiger partial charge in [0.05, 0.1) is 6.20 Å². The quantitative estimate of drug-likeness (QED) is 0.785. The first kappa shape index (κ1) is 18.6. The van der Waals surface area contributed by atoms with Crippen LogP contribution < -0.4 is 10.6 Å². The highest BCUT2D eigenvalue weighted by Crippen LogP contribution is 2.33. The fourth-order valence-electron chi connectivity index (χ4n) is 3.73. The molecule has 2 aliphatic rings. The van der Waals surface area contributed by atoms with E-state index in [4.69, 9.17) is 0 Å². The number of amides is 1. The number of halogens is 1. The van der Waals surface area contributed by atoms with Crippen LogP contribution in [0.2, 0.25) is 0 Å². The number of carbonyl (C=O) groups excluding carboxylic acids is 1. The second-order valence-electron chi connectivity index (χ2n) is 7.78. The van der Waals surface area contributed by atoms with E-state index in [1.165, 1.54) is 31.7 Å². The molecule has 0 bridgehead atoms. The van der Waals surface area contributed by atoms with Crippen LogP contribution in [-0.4, -0.2) is 29.0 Å². The number of carbonyl (C=O) groups is 1. The van der Waals surface area contributed by atoms with Crippen LogP contribution in [0.25, 0.3) is 0 Å². The molecular weight excluding hydrogens is 353 g/mol. The SMILES string of the molecule is O=C(NCC1(NC2CC2)CCCC1)c1ccc(C#Cc2ccc(F)cn2)cc1. The Hall–Kier alpha value is -2.71. The van der Waals surface area contributed by atoms with E-state index < -0.39 is 0 Å². The molecular formula is C23H24FN3O. The summed E-state index contributed by atoms with van der Waals surface area (Å²) in [5.41, 5.74) is 1.99. The van der Waals surface area contributed by atoms with Crippen LogP contribution in [0.15, 0.2) is 42.6 Å². The minimum Gasteiger partial charge on any atom is -0.350 e. The molecule has 4 rings (SSSR count). The highest BCUT2D eigenvalue weighted by atomic mass is 19.1. The third-order valence-corrected chi connectivity index (χ3v) is 5.45. The number of benzene rings is 1. The maximum absolute atomic E-state index is 12.9. The molecule has 28 heavy (non-hydrogen) atoms. The molecule has 1 amide bonds. The van der Waals surface area contributed by atoms with E-state index in [0.717, 1.165) is 24.6 Å². The maximum atomic E-state index is 12.9. The van der Waals surface area contributed by atoms with E-state index in [1.807, 2.05) is 12.1 Å². The first-order valence-corrected chi connectivity index (χ1v) is 9.92. The van der Waals surface area contributed by atoms with Crippen LogP contribution in [0.3, 0.4) is 0 Å². The molecule has 2 N–H and O–H groups in total. The van der Waals surface area contributed by atoms with Gasteiger partial charge in [-0.1, -0.05) is 18.8 Å². The number of hydrogen-bond acceptors (Lipinski definition) is 3. The number of nitrogens with one attached hydrogen (secondary N) is 2. The van der Waals surface area contributed by atoms with Gasteiger partial charge in [0.15, 0.2) is 0 Å². The zero-order chi connectivity index (χ0) is 19.4. The van der Waals surface area contributed by atoms with Crippen LogP contribution in [-0.2, 0) is 0 Å². The highest BCUT2D eigenvalue weighted by Gasteiger charge is 2.38. The first-order valence-electron chi connectivity index (χ1n) is 9.92. The number of rotatable bonds is 5. The van der Waals surface area contributed by atoms with Crippen LogP contribution >= 0.6 is 0 Å². The predicted octanol–water partition coefficient (Wildman–Crippen LogP) is 3.42. The lowest BCUT2D eigenvalue weighted by molar-refractivity contribution is 0.0938. The van der Waals surface area contributed by atoms with Crippen molar-refractivity contribution in [2.75, 3.05) is 6.54 Å². The molecule has 1 heterocycles. The van der Waals surface area contributed by atoms with Crippen LogP contribution in [0.4, 0.5) is 4.39 Å². The molecule has 5 heteroatoms. The smallest absolute Gasteiger partial charge is 0.251 e. The van der Waals surface area contributed by atoms with E-state index in [0.29, 0.717) is 23.8 Å². The molecule has 0 aliphatic heterocycles. The van der Waals surface area contributed by atoms with Crippen molar-refractivity contribution in [3.8, 4) is 11.8 Å². The third-order valence-electron chi connectivity index (χ3n) is 5.45. The van der Waals surface area contributed by atoms with E-state index in [2.05, 4.69) is 27.5 Å². The van der Waals surface area contributed by atoms with Gasteiger partial charge in [0, 0.05) is 29.3 Å². The normalized spacial score (nSPS) is 17.6. The molecule has 0 spiro atoms. The van der Waals surface area contributed by atoms with Gasteiger partial charge in [0.25, 0.3) is 5.91 Å². The summed E-state index contributed by atoms with van der Waals surface area (Å²) in [4.78, 5) is 16.5. The minimum absolute atomic E-state index is 0.0522. The van der Waals surface area contributed by atoms with Crippen molar-refractivity contribution in [1.82, 2.24) is 15.6 Å². The van der Waals surface area contributed by atoms with E-state index in [1.54, 1.807) is 18.2 Å². The lowest BCUT2D eigenvalue weighted by atomic mass is 9.97. The Morgan fingerprint density at radius 3 is 2.50 bits per heavy atom. The standard InChI is InChI=1S/C23H24FN3O/c24-19-8-10-20(25-15-19)9-5-17-3-6-18(7-4-17)22(28)26-16-23(13-1-2-14-23)27-21-11-12-21/h3-4,6-8,10,15,21,27H,1-2,11-14,16H2,(H,26,28). The van der Waals surface area contributed by atoms with Crippen molar-refractivity contribution in [3.63, 3.8) is 0 Å². The molecule has 2 saturated carbocycles. The summed E-state index contributed by atoms with van der Waals surface area (Å²) in [5.74, 6) is 5.44. The maximum Gasteiger partial charge on any atom is 0.251 e. The fourth-order valence-corrected chi connectivity index (χ4v) is 3.73. The van der Waals surface area contributed by atoms with Gasteiger partial charge in [-0.05, 0) is 68.0 Å². The minimum atomic E-state index is -0.382. The zero-order valence-electron chi connectivity index (χ0n) is 15.8. The van der Waals surface area contributed by atoms with Gasteiger partial charge in [-0.3, -0.25) is 4.79 Å². The molecule has 2 aliphatic carbocycles. The van der Waals surface area contributed by atoms with Crippen molar-refractivity contribution in [2.24, 2.45) is 0 Å². The second-order valence-corrected chi connectivity index (χ2v) is 7.78. The lowest BCUT2D eigenvalue weighted by Gasteiger charge is -2.31. The predicted molar refractivity (Wildman–Crippen MR) is 106 cm³/mol. The molecule has 2 fully saturated rings. The highest BCUT2D eigenvalue weighted by molar-refractivity contribution is 5.94. The monoisotopic (exact) mass is 377 g/mol. The largest absolute Gasteiger partial charge is 0.350 e. The van der Waals surface area contributed by atoms with Gasteiger partial charge >= 0.3 is 0 Å². The molecule has 1 aromatic heterocycles. The van der Waals surface area contributed by atoms with Gasteiger partial charge in [0.1, 0.15) is 11.5 Å². The third kappa shape index (κ3) is 4.76. The molecule has 2 aromatic rings. The number of nitrogens with zero attached hydrogens (tertiary/aromatic N) is 1. The molecule has 4 nitrogen and oxygen atoms in total. The second kappa shape index (κ2) is 8.12. The summed E-state index contributed by atoms with van der Waals surface area (Å²) in [5, 5.41) is 6.87. The van der Waals surface area contributed by atoms with Gasteiger partial charge < -0.3 is 10.6 Å².